The maximum absolute atomic E-state index is 12.0. The van der Waals surface area contributed by atoms with Gasteiger partial charge in [-0.1, -0.05) is 12.1 Å². The van der Waals surface area contributed by atoms with Crippen molar-refractivity contribution >= 4 is 15.6 Å². The number of sulfone groups is 1. The predicted molar refractivity (Wildman–Crippen MR) is 69.6 cm³/mol. The van der Waals surface area contributed by atoms with Crippen LogP contribution >= 0.6 is 0 Å². The molecule has 6 heteroatoms. The Bertz CT molecular complexity index is 525. The van der Waals surface area contributed by atoms with Crippen molar-refractivity contribution in [2.24, 2.45) is 5.73 Å². The summed E-state index contributed by atoms with van der Waals surface area (Å²) in [6.45, 7) is 0. The number of ether oxygens (including phenoxy) is 1. The number of benzene rings is 1. The van der Waals surface area contributed by atoms with Crippen LogP contribution in [0.25, 0.3) is 0 Å². The highest BCUT2D eigenvalue weighted by Gasteiger charge is 2.18. The zero-order chi connectivity index (χ0) is 13.8. The second kappa shape index (κ2) is 5.97. The van der Waals surface area contributed by atoms with E-state index >= 15 is 0 Å². The van der Waals surface area contributed by atoms with E-state index < -0.39 is 15.9 Å². The number of ketones is 1. The predicted octanol–water partition coefficient (Wildman–Crippen LogP) is 0.640. The Balaban J connectivity index is 2.74. The normalized spacial score (nSPS) is 13.1. The molecule has 2 N–H and O–H groups in total. The van der Waals surface area contributed by atoms with E-state index in [2.05, 4.69) is 0 Å². The summed E-state index contributed by atoms with van der Waals surface area (Å²) in [5, 5.41) is 0. The SMILES string of the molecule is COc1cccc(C(=O)C(N)CCS(C)(=O)=O)c1. The van der Waals surface area contributed by atoms with E-state index in [4.69, 9.17) is 10.5 Å². The van der Waals surface area contributed by atoms with Gasteiger partial charge in [0.05, 0.1) is 18.9 Å². The molecule has 1 aromatic rings. The molecular formula is C12H17NO4S. The minimum absolute atomic E-state index is 0.0934. The Morgan fingerprint density at radius 1 is 1.44 bits per heavy atom. The van der Waals surface area contributed by atoms with Gasteiger partial charge in [0.2, 0.25) is 0 Å². The summed E-state index contributed by atoms with van der Waals surface area (Å²) in [5.41, 5.74) is 6.12. The average molecular weight is 271 g/mol. The average Bonchev–Trinajstić information content (AvgIpc) is 2.34. The van der Waals surface area contributed by atoms with Crippen LogP contribution in [0.3, 0.4) is 0 Å². The first-order chi connectivity index (χ1) is 8.33. The van der Waals surface area contributed by atoms with Crippen LogP contribution in [0.5, 0.6) is 5.75 Å². The zero-order valence-corrected chi connectivity index (χ0v) is 11.2. The van der Waals surface area contributed by atoms with Crippen molar-refractivity contribution in [2.45, 2.75) is 12.5 Å². The topological polar surface area (TPSA) is 86.5 Å². The fourth-order valence-corrected chi connectivity index (χ4v) is 2.14. The first kappa shape index (κ1) is 14.7. The third-order valence-corrected chi connectivity index (χ3v) is 3.47. The Labute approximate surface area is 107 Å². The second-order valence-electron chi connectivity index (χ2n) is 4.12. The van der Waals surface area contributed by atoms with E-state index in [1.807, 2.05) is 0 Å². The first-order valence-electron chi connectivity index (χ1n) is 5.45. The van der Waals surface area contributed by atoms with Crippen molar-refractivity contribution in [3.8, 4) is 5.75 Å². The van der Waals surface area contributed by atoms with Crippen LogP contribution in [0.15, 0.2) is 24.3 Å². The van der Waals surface area contributed by atoms with Gasteiger partial charge in [0.1, 0.15) is 15.6 Å². The van der Waals surface area contributed by atoms with Gasteiger partial charge in [0.25, 0.3) is 0 Å². The van der Waals surface area contributed by atoms with Gasteiger partial charge in [-0.25, -0.2) is 8.42 Å². The van der Waals surface area contributed by atoms with Gasteiger partial charge < -0.3 is 10.5 Å². The van der Waals surface area contributed by atoms with Gasteiger partial charge in [0, 0.05) is 11.8 Å². The van der Waals surface area contributed by atoms with Gasteiger partial charge in [-0.3, -0.25) is 4.79 Å². The Hall–Kier alpha value is -1.40. The molecule has 100 valence electrons. The minimum atomic E-state index is -3.10. The van der Waals surface area contributed by atoms with Crippen LogP contribution in [0, 0.1) is 0 Å². The summed E-state index contributed by atoms with van der Waals surface area (Å²) in [5.74, 6) is 0.192. The van der Waals surface area contributed by atoms with Crippen LogP contribution < -0.4 is 10.5 Å². The molecule has 0 fully saturated rings. The van der Waals surface area contributed by atoms with Gasteiger partial charge in [0.15, 0.2) is 5.78 Å². The molecule has 0 aliphatic carbocycles. The van der Waals surface area contributed by atoms with Crippen LogP contribution in [0.4, 0.5) is 0 Å². The standard InChI is InChI=1S/C12H17NO4S/c1-17-10-5-3-4-9(8-10)12(14)11(13)6-7-18(2,15)16/h3-5,8,11H,6-7,13H2,1-2H3. The smallest absolute Gasteiger partial charge is 0.179 e. The molecule has 0 aliphatic heterocycles. The lowest BCUT2D eigenvalue weighted by Gasteiger charge is -2.10. The molecule has 0 saturated carbocycles. The highest BCUT2D eigenvalue weighted by Crippen LogP contribution is 2.14. The van der Waals surface area contributed by atoms with Gasteiger partial charge >= 0.3 is 0 Å². The summed E-state index contributed by atoms with van der Waals surface area (Å²) in [6.07, 6.45) is 1.24. The molecular weight excluding hydrogens is 254 g/mol. The van der Waals surface area contributed by atoms with Crippen molar-refractivity contribution in [2.75, 3.05) is 19.1 Å². The number of hydrogen-bond donors (Lipinski definition) is 1. The second-order valence-corrected chi connectivity index (χ2v) is 6.38. The molecule has 0 amide bonds. The molecule has 5 nitrogen and oxygen atoms in total. The van der Waals surface area contributed by atoms with Crippen molar-refractivity contribution in [1.29, 1.82) is 0 Å². The maximum Gasteiger partial charge on any atom is 0.179 e. The summed E-state index contributed by atoms with van der Waals surface area (Å²) in [4.78, 5) is 12.0. The number of carbonyl (C=O) groups is 1. The molecule has 0 aliphatic rings. The van der Waals surface area contributed by atoms with Gasteiger partial charge in [-0.15, -0.1) is 0 Å². The number of Topliss-reactive ketones (excluding diaryl/α,β-unsaturated/α-hetero) is 1. The van der Waals surface area contributed by atoms with Crippen molar-refractivity contribution in [3.63, 3.8) is 0 Å². The van der Waals surface area contributed by atoms with E-state index in [1.54, 1.807) is 24.3 Å². The van der Waals surface area contributed by atoms with Crippen LogP contribution in [-0.4, -0.2) is 39.4 Å². The quantitative estimate of drug-likeness (QED) is 0.767. The Morgan fingerprint density at radius 3 is 2.67 bits per heavy atom. The summed E-state index contributed by atoms with van der Waals surface area (Å²) in [6, 6.07) is 5.81. The van der Waals surface area contributed by atoms with Crippen molar-refractivity contribution in [3.05, 3.63) is 29.8 Å². The fraction of sp³-hybridized carbons (Fsp3) is 0.417. The Kier molecular flexibility index (Phi) is 4.86. The molecule has 1 unspecified atom stereocenters. The van der Waals surface area contributed by atoms with Crippen molar-refractivity contribution < 1.29 is 17.9 Å². The van der Waals surface area contributed by atoms with E-state index in [0.717, 1.165) is 6.26 Å². The molecule has 0 spiro atoms. The third-order valence-electron chi connectivity index (χ3n) is 2.49. The highest BCUT2D eigenvalue weighted by atomic mass is 32.2. The van der Waals surface area contributed by atoms with E-state index in [-0.39, 0.29) is 18.0 Å². The molecule has 0 heterocycles. The van der Waals surface area contributed by atoms with Gasteiger partial charge in [-0.05, 0) is 18.6 Å². The van der Waals surface area contributed by atoms with Crippen molar-refractivity contribution in [1.82, 2.24) is 0 Å². The maximum atomic E-state index is 12.0. The number of methoxy groups -OCH3 is 1. The fourth-order valence-electron chi connectivity index (χ4n) is 1.46. The van der Waals surface area contributed by atoms with Crippen LogP contribution in [0.2, 0.25) is 0 Å². The monoisotopic (exact) mass is 271 g/mol. The lowest BCUT2D eigenvalue weighted by atomic mass is 10.0. The van der Waals surface area contributed by atoms with Gasteiger partial charge in [-0.2, -0.15) is 0 Å². The molecule has 0 aromatic heterocycles. The Morgan fingerprint density at radius 2 is 2.11 bits per heavy atom. The number of nitrogens with two attached hydrogens (primary N) is 1. The number of hydrogen-bond acceptors (Lipinski definition) is 5. The van der Waals surface area contributed by atoms with E-state index in [1.165, 1.54) is 7.11 Å². The van der Waals surface area contributed by atoms with E-state index in [0.29, 0.717) is 11.3 Å². The first-order valence-corrected chi connectivity index (χ1v) is 7.51. The number of rotatable bonds is 6. The summed E-state index contributed by atoms with van der Waals surface area (Å²) < 4.78 is 27.0. The molecule has 1 rings (SSSR count). The molecule has 1 atom stereocenters. The van der Waals surface area contributed by atoms with Crippen LogP contribution in [0.1, 0.15) is 16.8 Å². The minimum Gasteiger partial charge on any atom is -0.497 e. The lowest BCUT2D eigenvalue weighted by Crippen LogP contribution is -2.32. The lowest BCUT2D eigenvalue weighted by molar-refractivity contribution is 0.0959. The highest BCUT2D eigenvalue weighted by molar-refractivity contribution is 7.90. The molecule has 0 radical (unpaired) electrons. The molecule has 1 aromatic carbocycles. The van der Waals surface area contributed by atoms with Crippen LogP contribution in [-0.2, 0) is 9.84 Å². The number of carbonyl (C=O) groups excluding carboxylic acids is 1. The largest absolute Gasteiger partial charge is 0.497 e. The molecule has 18 heavy (non-hydrogen) atoms. The zero-order valence-electron chi connectivity index (χ0n) is 10.4. The molecule has 0 bridgehead atoms. The summed E-state index contributed by atoms with van der Waals surface area (Å²) in [7, 11) is -1.60. The molecule has 0 saturated heterocycles. The third kappa shape index (κ3) is 4.46. The van der Waals surface area contributed by atoms with E-state index in [9.17, 15) is 13.2 Å². The summed E-state index contributed by atoms with van der Waals surface area (Å²) >= 11 is 0.